The second kappa shape index (κ2) is 9.95. The molecule has 0 unspecified atom stereocenters. The Bertz CT molecular complexity index is 877. The molecule has 1 aromatic heterocycles. The van der Waals surface area contributed by atoms with E-state index in [0.717, 1.165) is 21.4 Å². The number of nitrogens with zero attached hydrogens (tertiary/aromatic N) is 1. The van der Waals surface area contributed by atoms with E-state index < -0.39 is 5.97 Å². The number of carbonyl (C=O) groups excluding carboxylic acids is 3. The third-order valence-electron chi connectivity index (χ3n) is 3.98. The van der Waals surface area contributed by atoms with E-state index >= 15 is 0 Å². The van der Waals surface area contributed by atoms with Crippen LogP contribution in [0.15, 0.2) is 28.7 Å². The van der Waals surface area contributed by atoms with Crippen LogP contribution in [0.1, 0.15) is 45.0 Å². The molecule has 1 heterocycles. The van der Waals surface area contributed by atoms with Crippen LogP contribution < -0.4 is 5.32 Å². The molecule has 28 heavy (non-hydrogen) atoms. The molecule has 1 N–H and O–H groups in total. The Hall–Kier alpha value is -2.03. The molecular weight excluding hydrogens is 444 g/mol. The first-order valence-electron chi connectivity index (χ1n) is 8.77. The van der Waals surface area contributed by atoms with Crippen molar-refractivity contribution in [3.63, 3.8) is 0 Å². The van der Waals surface area contributed by atoms with Crippen LogP contribution in [0.2, 0.25) is 0 Å². The number of carbonyl (C=O) groups is 3. The molecule has 0 saturated carbocycles. The first kappa shape index (κ1) is 22.3. The molecule has 2 rings (SSSR count). The van der Waals surface area contributed by atoms with Crippen molar-refractivity contribution in [3.05, 3.63) is 50.3 Å². The van der Waals surface area contributed by atoms with E-state index in [0.29, 0.717) is 22.0 Å². The van der Waals surface area contributed by atoms with Gasteiger partial charge in [-0.3, -0.25) is 14.5 Å². The highest BCUT2D eigenvalue weighted by molar-refractivity contribution is 9.10. The Labute approximate surface area is 177 Å². The van der Waals surface area contributed by atoms with Crippen molar-refractivity contribution in [2.45, 2.75) is 27.3 Å². The third-order valence-corrected chi connectivity index (χ3v) is 5.82. The molecule has 150 valence electrons. The Morgan fingerprint density at radius 3 is 2.43 bits per heavy atom. The Balaban J connectivity index is 2.11. The summed E-state index contributed by atoms with van der Waals surface area (Å²) >= 11 is 4.50. The summed E-state index contributed by atoms with van der Waals surface area (Å²) in [6, 6.07) is 7.87. The molecule has 0 fully saturated rings. The number of nitrogens with one attached hydrogen (secondary N) is 1. The topological polar surface area (TPSA) is 75.7 Å². The summed E-state index contributed by atoms with van der Waals surface area (Å²) in [5.41, 5.74) is 1.87. The number of amides is 1. The number of anilines is 1. The summed E-state index contributed by atoms with van der Waals surface area (Å²) in [5, 5.41) is 3.12. The average Bonchev–Trinajstić information content (AvgIpc) is 2.93. The normalized spacial score (nSPS) is 10.8. The summed E-state index contributed by atoms with van der Waals surface area (Å²) in [7, 11) is 1.84. The summed E-state index contributed by atoms with van der Waals surface area (Å²) in [5.74, 6) is -0.954. The number of likely N-dealkylation sites (N-methyl/N-ethyl adjacent to an activating group) is 1. The van der Waals surface area contributed by atoms with Gasteiger partial charge in [0.15, 0.2) is 5.78 Å². The molecule has 0 atom stereocenters. The van der Waals surface area contributed by atoms with E-state index in [1.807, 2.05) is 36.2 Å². The second-order valence-corrected chi connectivity index (χ2v) is 8.32. The van der Waals surface area contributed by atoms with Gasteiger partial charge in [0, 0.05) is 11.0 Å². The summed E-state index contributed by atoms with van der Waals surface area (Å²) in [4.78, 5) is 39.0. The van der Waals surface area contributed by atoms with Gasteiger partial charge in [0.1, 0.15) is 5.00 Å². The number of halogens is 1. The zero-order valence-electron chi connectivity index (χ0n) is 16.3. The highest BCUT2D eigenvalue weighted by Gasteiger charge is 2.25. The van der Waals surface area contributed by atoms with Gasteiger partial charge in [-0.2, -0.15) is 0 Å². The molecule has 0 bridgehead atoms. The maximum atomic E-state index is 12.5. The maximum Gasteiger partial charge on any atom is 0.341 e. The van der Waals surface area contributed by atoms with E-state index in [-0.39, 0.29) is 30.4 Å². The summed E-state index contributed by atoms with van der Waals surface area (Å²) < 4.78 is 6.08. The molecule has 0 aliphatic carbocycles. The number of benzene rings is 1. The van der Waals surface area contributed by atoms with Crippen molar-refractivity contribution < 1.29 is 19.1 Å². The van der Waals surface area contributed by atoms with Crippen molar-refractivity contribution in [1.29, 1.82) is 0 Å². The van der Waals surface area contributed by atoms with Crippen LogP contribution in [0.4, 0.5) is 5.00 Å². The van der Waals surface area contributed by atoms with Gasteiger partial charge in [0.05, 0.1) is 23.6 Å². The van der Waals surface area contributed by atoms with Crippen LogP contribution in [0.3, 0.4) is 0 Å². The van der Waals surface area contributed by atoms with Gasteiger partial charge in [0.25, 0.3) is 0 Å². The largest absolute Gasteiger partial charge is 0.462 e. The predicted octanol–water partition coefficient (Wildman–Crippen LogP) is 4.27. The lowest BCUT2D eigenvalue weighted by Gasteiger charge is -2.16. The first-order valence-corrected chi connectivity index (χ1v) is 10.4. The SMILES string of the molecule is CCOC(=O)c1c(NC(=O)CN(C)Cc2ccc(Br)cc2)sc(C(C)=O)c1C. The van der Waals surface area contributed by atoms with Crippen LogP contribution in [0, 0.1) is 6.92 Å². The number of Topliss-reactive ketones (excluding diaryl/α,β-unsaturated/α-hetero) is 1. The van der Waals surface area contributed by atoms with Crippen molar-refractivity contribution in [2.75, 3.05) is 25.5 Å². The number of hydrogen-bond donors (Lipinski definition) is 1. The molecule has 0 saturated heterocycles. The smallest absolute Gasteiger partial charge is 0.341 e. The Kier molecular flexibility index (Phi) is 7.91. The summed E-state index contributed by atoms with van der Waals surface area (Å²) in [6.45, 7) is 5.80. The predicted molar refractivity (Wildman–Crippen MR) is 114 cm³/mol. The Morgan fingerprint density at radius 2 is 1.86 bits per heavy atom. The monoisotopic (exact) mass is 466 g/mol. The maximum absolute atomic E-state index is 12.5. The lowest BCUT2D eigenvalue weighted by atomic mass is 10.1. The van der Waals surface area contributed by atoms with Crippen molar-refractivity contribution in [1.82, 2.24) is 4.90 Å². The van der Waals surface area contributed by atoms with Gasteiger partial charge in [-0.05, 0) is 51.1 Å². The molecule has 6 nitrogen and oxygen atoms in total. The number of hydrogen-bond acceptors (Lipinski definition) is 6. The fourth-order valence-electron chi connectivity index (χ4n) is 2.76. The number of ketones is 1. The molecule has 0 aliphatic rings. The van der Waals surface area contributed by atoms with Gasteiger partial charge in [-0.25, -0.2) is 4.79 Å². The quantitative estimate of drug-likeness (QED) is 0.464. The molecule has 8 heteroatoms. The standard InChI is InChI=1S/C20H23BrN2O4S/c1-5-27-20(26)17-12(2)18(13(3)24)28-19(17)22-16(25)11-23(4)10-14-6-8-15(21)9-7-14/h6-9H,5,10-11H2,1-4H3,(H,22,25). The zero-order valence-corrected chi connectivity index (χ0v) is 18.7. The highest BCUT2D eigenvalue weighted by Crippen LogP contribution is 2.34. The van der Waals surface area contributed by atoms with Crippen LogP contribution >= 0.6 is 27.3 Å². The van der Waals surface area contributed by atoms with E-state index in [1.54, 1.807) is 13.8 Å². The van der Waals surface area contributed by atoms with Gasteiger partial charge in [-0.1, -0.05) is 28.1 Å². The fraction of sp³-hybridized carbons (Fsp3) is 0.350. The summed E-state index contributed by atoms with van der Waals surface area (Å²) in [6.07, 6.45) is 0. The first-order chi connectivity index (χ1) is 13.2. The van der Waals surface area contributed by atoms with E-state index in [1.165, 1.54) is 6.92 Å². The minimum atomic E-state index is -0.540. The van der Waals surface area contributed by atoms with Gasteiger partial charge >= 0.3 is 5.97 Å². The van der Waals surface area contributed by atoms with Crippen molar-refractivity contribution >= 4 is 49.9 Å². The number of esters is 1. The van der Waals surface area contributed by atoms with Crippen molar-refractivity contribution in [2.24, 2.45) is 0 Å². The fourth-order valence-corrected chi connectivity index (χ4v) is 4.13. The lowest BCUT2D eigenvalue weighted by molar-refractivity contribution is -0.117. The van der Waals surface area contributed by atoms with Crippen molar-refractivity contribution in [3.8, 4) is 0 Å². The highest BCUT2D eigenvalue weighted by atomic mass is 79.9. The molecule has 2 aromatic rings. The van der Waals surface area contributed by atoms with Crippen LogP contribution in [-0.2, 0) is 16.1 Å². The van der Waals surface area contributed by atoms with Gasteiger partial charge in [0.2, 0.25) is 5.91 Å². The van der Waals surface area contributed by atoms with E-state index in [4.69, 9.17) is 4.74 Å². The molecule has 0 spiro atoms. The van der Waals surface area contributed by atoms with E-state index in [9.17, 15) is 14.4 Å². The molecule has 0 aliphatic heterocycles. The molecular formula is C20H23BrN2O4S. The number of thiophene rings is 1. The zero-order chi connectivity index (χ0) is 20.8. The number of ether oxygens (including phenoxy) is 1. The van der Waals surface area contributed by atoms with E-state index in [2.05, 4.69) is 21.2 Å². The van der Waals surface area contributed by atoms with Gasteiger partial charge in [-0.15, -0.1) is 11.3 Å². The molecule has 1 amide bonds. The van der Waals surface area contributed by atoms with Crippen LogP contribution in [-0.4, -0.2) is 42.8 Å². The second-order valence-electron chi connectivity index (χ2n) is 6.38. The van der Waals surface area contributed by atoms with Crippen LogP contribution in [0.25, 0.3) is 0 Å². The Morgan fingerprint density at radius 1 is 1.21 bits per heavy atom. The lowest BCUT2D eigenvalue weighted by Crippen LogP contribution is -2.30. The minimum absolute atomic E-state index is 0.144. The minimum Gasteiger partial charge on any atom is -0.462 e. The van der Waals surface area contributed by atoms with Gasteiger partial charge < -0.3 is 10.1 Å². The number of rotatable bonds is 8. The third kappa shape index (κ3) is 5.73. The molecule has 1 aromatic carbocycles. The average molecular weight is 467 g/mol. The molecule has 0 radical (unpaired) electrons. The van der Waals surface area contributed by atoms with Crippen LogP contribution in [0.5, 0.6) is 0 Å².